The first-order valence-corrected chi connectivity index (χ1v) is 6.44. The van der Waals surface area contributed by atoms with Gasteiger partial charge in [-0.15, -0.1) is 6.58 Å². The zero-order valence-corrected chi connectivity index (χ0v) is 11.0. The Labute approximate surface area is 104 Å². The van der Waals surface area contributed by atoms with Gasteiger partial charge in [-0.3, -0.25) is 4.79 Å². The largest absolute Gasteiger partial charge is 0.351 e. The van der Waals surface area contributed by atoms with E-state index in [0.29, 0.717) is 12.5 Å². The molecule has 0 aromatic carbocycles. The van der Waals surface area contributed by atoms with Crippen molar-refractivity contribution < 1.29 is 4.79 Å². The average molecular weight is 239 g/mol. The second-order valence-electron chi connectivity index (χ2n) is 4.93. The van der Waals surface area contributed by atoms with Crippen LogP contribution in [0.25, 0.3) is 0 Å². The van der Waals surface area contributed by atoms with Crippen molar-refractivity contribution in [2.75, 3.05) is 33.2 Å². The summed E-state index contributed by atoms with van der Waals surface area (Å²) in [6.07, 6.45) is 4.22. The third kappa shape index (κ3) is 5.33. The van der Waals surface area contributed by atoms with Gasteiger partial charge in [0, 0.05) is 13.1 Å². The summed E-state index contributed by atoms with van der Waals surface area (Å²) in [5, 5.41) is 6.11. The number of piperidine rings is 1. The lowest BCUT2D eigenvalue weighted by molar-refractivity contribution is -0.122. The van der Waals surface area contributed by atoms with Gasteiger partial charge in [-0.1, -0.05) is 6.08 Å². The number of amides is 1. The van der Waals surface area contributed by atoms with Gasteiger partial charge in [0.25, 0.3) is 0 Å². The zero-order chi connectivity index (χ0) is 12.7. The number of nitrogens with one attached hydrogen (secondary N) is 2. The molecule has 4 nitrogen and oxygen atoms in total. The van der Waals surface area contributed by atoms with Crippen molar-refractivity contribution >= 4 is 5.91 Å². The van der Waals surface area contributed by atoms with Crippen molar-refractivity contribution in [3.63, 3.8) is 0 Å². The van der Waals surface area contributed by atoms with Crippen molar-refractivity contribution in [3.05, 3.63) is 12.7 Å². The fraction of sp³-hybridized carbons (Fsp3) is 0.769. The van der Waals surface area contributed by atoms with Gasteiger partial charge in [0.2, 0.25) is 5.91 Å². The van der Waals surface area contributed by atoms with Crippen LogP contribution in [0.1, 0.15) is 19.8 Å². The van der Waals surface area contributed by atoms with Gasteiger partial charge in [-0.05, 0) is 45.8 Å². The minimum absolute atomic E-state index is 0.0501. The molecule has 1 saturated heterocycles. The van der Waals surface area contributed by atoms with Crippen molar-refractivity contribution in [3.8, 4) is 0 Å². The third-order valence-corrected chi connectivity index (χ3v) is 3.25. The number of hydrogen-bond acceptors (Lipinski definition) is 3. The van der Waals surface area contributed by atoms with Crippen LogP contribution in [0.5, 0.6) is 0 Å². The molecule has 2 N–H and O–H groups in total. The monoisotopic (exact) mass is 239 g/mol. The SMILES string of the molecule is C=CCNC(=O)C(C)NCC1CCCN(C)C1. The fourth-order valence-electron chi connectivity index (χ4n) is 2.20. The van der Waals surface area contributed by atoms with Gasteiger partial charge < -0.3 is 15.5 Å². The Balaban J connectivity index is 2.20. The summed E-state index contributed by atoms with van der Waals surface area (Å²) in [7, 11) is 2.16. The summed E-state index contributed by atoms with van der Waals surface area (Å²) in [6, 6.07) is -0.123. The van der Waals surface area contributed by atoms with E-state index in [-0.39, 0.29) is 11.9 Å². The van der Waals surface area contributed by atoms with Crippen LogP contribution in [0, 0.1) is 5.92 Å². The molecule has 98 valence electrons. The molecule has 1 heterocycles. The average Bonchev–Trinajstić information content (AvgIpc) is 2.33. The van der Waals surface area contributed by atoms with Crippen LogP contribution < -0.4 is 10.6 Å². The van der Waals surface area contributed by atoms with E-state index in [1.165, 1.54) is 19.4 Å². The third-order valence-electron chi connectivity index (χ3n) is 3.25. The summed E-state index contributed by atoms with van der Waals surface area (Å²) in [5.41, 5.74) is 0. The number of rotatable bonds is 6. The first-order valence-electron chi connectivity index (χ1n) is 6.44. The van der Waals surface area contributed by atoms with E-state index >= 15 is 0 Å². The molecule has 0 aromatic heterocycles. The van der Waals surface area contributed by atoms with Gasteiger partial charge in [-0.2, -0.15) is 0 Å². The molecule has 0 radical (unpaired) electrons. The predicted octanol–water partition coefficient (Wildman–Crippen LogP) is 0.609. The van der Waals surface area contributed by atoms with Crippen LogP contribution >= 0.6 is 0 Å². The van der Waals surface area contributed by atoms with Crippen molar-refractivity contribution in [1.82, 2.24) is 15.5 Å². The standard InChI is InChI=1S/C13H25N3O/c1-4-7-14-13(17)11(2)15-9-12-6-5-8-16(3)10-12/h4,11-12,15H,1,5-10H2,2-3H3,(H,14,17). The van der Waals surface area contributed by atoms with Crippen molar-refractivity contribution in [1.29, 1.82) is 0 Å². The molecule has 0 spiro atoms. The zero-order valence-electron chi connectivity index (χ0n) is 11.0. The maximum Gasteiger partial charge on any atom is 0.237 e. The Morgan fingerprint density at radius 3 is 3.06 bits per heavy atom. The van der Waals surface area contributed by atoms with Crippen molar-refractivity contribution in [2.45, 2.75) is 25.8 Å². The molecule has 1 rings (SSSR count). The molecule has 1 aliphatic rings. The van der Waals surface area contributed by atoms with Gasteiger partial charge in [0.05, 0.1) is 6.04 Å². The highest BCUT2D eigenvalue weighted by Crippen LogP contribution is 2.13. The Bertz CT molecular complexity index is 255. The second-order valence-corrected chi connectivity index (χ2v) is 4.93. The van der Waals surface area contributed by atoms with Crippen LogP contribution in [-0.2, 0) is 4.79 Å². The Morgan fingerprint density at radius 1 is 1.65 bits per heavy atom. The second kappa shape index (κ2) is 7.45. The lowest BCUT2D eigenvalue weighted by Crippen LogP contribution is -2.46. The number of carbonyl (C=O) groups is 1. The molecule has 17 heavy (non-hydrogen) atoms. The van der Waals surface area contributed by atoms with E-state index in [1.807, 2.05) is 6.92 Å². The first kappa shape index (κ1) is 14.2. The normalized spacial score (nSPS) is 23.1. The van der Waals surface area contributed by atoms with Crippen LogP contribution in [0.2, 0.25) is 0 Å². The Hall–Kier alpha value is -0.870. The molecule has 1 fully saturated rings. The summed E-state index contributed by atoms with van der Waals surface area (Å²) in [6.45, 7) is 9.28. The quantitative estimate of drug-likeness (QED) is 0.668. The van der Waals surface area contributed by atoms with Crippen LogP contribution in [0.15, 0.2) is 12.7 Å². The molecular formula is C13H25N3O. The fourth-order valence-corrected chi connectivity index (χ4v) is 2.20. The highest BCUT2D eigenvalue weighted by molar-refractivity contribution is 5.81. The maximum atomic E-state index is 11.6. The number of hydrogen-bond donors (Lipinski definition) is 2. The van der Waals surface area contributed by atoms with Gasteiger partial charge in [-0.25, -0.2) is 0 Å². The summed E-state index contributed by atoms with van der Waals surface area (Å²) in [4.78, 5) is 14.0. The summed E-state index contributed by atoms with van der Waals surface area (Å²) >= 11 is 0. The predicted molar refractivity (Wildman–Crippen MR) is 70.9 cm³/mol. The first-order chi connectivity index (χ1) is 8.13. The minimum Gasteiger partial charge on any atom is -0.351 e. The Morgan fingerprint density at radius 2 is 2.41 bits per heavy atom. The highest BCUT2D eigenvalue weighted by atomic mass is 16.2. The highest BCUT2D eigenvalue weighted by Gasteiger charge is 2.19. The van der Waals surface area contributed by atoms with E-state index in [4.69, 9.17) is 0 Å². The van der Waals surface area contributed by atoms with Gasteiger partial charge >= 0.3 is 0 Å². The molecule has 2 atom stereocenters. The molecule has 4 heteroatoms. The lowest BCUT2D eigenvalue weighted by atomic mass is 9.98. The van der Waals surface area contributed by atoms with Crippen molar-refractivity contribution in [2.24, 2.45) is 5.92 Å². The number of carbonyl (C=O) groups excluding carboxylic acids is 1. The van der Waals surface area contributed by atoms with E-state index in [2.05, 4.69) is 29.2 Å². The number of nitrogens with zero attached hydrogens (tertiary/aromatic N) is 1. The van der Waals surface area contributed by atoms with E-state index in [9.17, 15) is 4.79 Å². The Kier molecular flexibility index (Phi) is 6.22. The van der Waals surface area contributed by atoms with Gasteiger partial charge in [0.15, 0.2) is 0 Å². The molecule has 1 aliphatic heterocycles. The van der Waals surface area contributed by atoms with Crippen LogP contribution in [0.3, 0.4) is 0 Å². The molecule has 0 aliphatic carbocycles. The molecule has 0 aromatic rings. The minimum atomic E-state index is -0.123. The smallest absolute Gasteiger partial charge is 0.237 e. The number of likely N-dealkylation sites (tertiary alicyclic amines) is 1. The van der Waals surface area contributed by atoms with E-state index < -0.39 is 0 Å². The van der Waals surface area contributed by atoms with E-state index in [1.54, 1.807) is 6.08 Å². The maximum absolute atomic E-state index is 11.6. The topological polar surface area (TPSA) is 44.4 Å². The van der Waals surface area contributed by atoms with E-state index in [0.717, 1.165) is 13.1 Å². The van der Waals surface area contributed by atoms with Gasteiger partial charge in [0.1, 0.15) is 0 Å². The molecule has 2 unspecified atom stereocenters. The molecule has 1 amide bonds. The summed E-state index contributed by atoms with van der Waals surface area (Å²) in [5.74, 6) is 0.720. The lowest BCUT2D eigenvalue weighted by Gasteiger charge is -2.30. The van der Waals surface area contributed by atoms with Crippen LogP contribution in [-0.4, -0.2) is 50.1 Å². The van der Waals surface area contributed by atoms with Crippen LogP contribution in [0.4, 0.5) is 0 Å². The summed E-state index contributed by atoms with van der Waals surface area (Å²) < 4.78 is 0. The molecular weight excluding hydrogens is 214 g/mol. The molecule has 0 saturated carbocycles. The molecule has 0 bridgehead atoms.